The summed E-state index contributed by atoms with van der Waals surface area (Å²) in [4.78, 5) is 0. The molecule has 1 aromatic carbocycles. The SMILES string of the molecule is CNC(C)c1ccc(OC)cc1OC1CCCC(OC)C1. The van der Waals surface area contributed by atoms with Crippen molar-refractivity contribution >= 4 is 0 Å². The predicted molar refractivity (Wildman–Crippen MR) is 84.1 cm³/mol. The third-order valence-electron chi connectivity index (χ3n) is 4.33. The molecule has 1 aromatic rings. The van der Waals surface area contributed by atoms with Crippen LogP contribution in [0.5, 0.6) is 11.5 Å². The molecule has 1 aliphatic rings. The molecule has 1 N–H and O–H groups in total. The first-order chi connectivity index (χ1) is 10.2. The van der Waals surface area contributed by atoms with E-state index in [0.717, 1.165) is 42.7 Å². The number of methoxy groups -OCH3 is 2. The third-order valence-corrected chi connectivity index (χ3v) is 4.33. The molecule has 3 atom stereocenters. The number of rotatable bonds is 6. The Hall–Kier alpha value is -1.26. The zero-order chi connectivity index (χ0) is 15.2. The molecule has 1 fully saturated rings. The summed E-state index contributed by atoms with van der Waals surface area (Å²) >= 11 is 0. The third kappa shape index (κ3) is 4.11. The second-order valence-corrected chi connectivity index (χ2v) is 5.68. The van der Waals surface area contributed by atoms with Crippen LogP contribution in [0.4, 0.5) is 0 Å². The quantitative estimate of drug-likeness (QED) is 0.873. The van der Waals surface area contributed by atoms with E-state index in [1.54, 1.807) is 14.2 Å². The average Bonchev–Trinajstić information content (AvgIpc) is 2.54. The summed E-state index contributed by atoms with van der Waals surface area (Å²) in [5.41, 5.74) is 1.16. The van der Waals surface area contributed by atoms with Crippen LogP contribution < -0.4 is 14.8 Å². The fraction of sp³-hybridized carbons (Fsp3) is 0.647. The Bertz CT molecular complexity index is 450. The largest absolute Gasteiger partial charge is 0.497 e. The number of hydrogen-bond acceptors (Lipinski definition) is 4. The van der Waals surface area contributed by atoms with Crippen molar-refractivity contribution in [3.63, 3.8) is 0 Å². The summed E-state index contributed by atoms with van der Waals surface area (Å²) in [5, 5.41) is 3.27. The van der Waals surface area contributed by atoms with Crippen LogP contribution in [-0.4, -0.2) is 33.5 Å². The van der Waals surface area contributed by atoms with Crippen LogP contribution in [0.2, 0.25) is 0 Å². The minimum absolute atomic E-state index is 0.221. The Labute approximate surface area is 127 Å². The topological polar surface area (TPSA) is 39.7 Å². The van der Waals surface area contributed by atoms with E-state index >= 15 is 0 Å². The lowest BCUT2D eigenvalue weighted by atomic mass is 9.94. The summed E-state index contributed by atoms with van der Waals surface area (Å²) in [6.07, 6.45) is 4.88. The summed E-state index contributed by atoms with van der Waals surface area (Å²) in [7, 11) is 5.43. The Balaban J connectivity index is 2.16. The molecule has 0 saturated heterocycles. The predicted octanol–water partition coefficient (Wildman–Crippen LogP) is 3.31. The molecule has 3 unspecified atom stereocenters. The summed E-state index contributed by atoms with van der Waals surface area (Å²) < 4.78 is 17.1. The van der Waals surface area contributed by atoms with Crippen molar-refractivity contribution in [3.05, 3.63) is 23.8 Å². The van der Waals surface area contributed by atoms with Crippen LogP contribution in [0.1, 0.15) is 44.2 Å². The zero-order valence-electron chi connectivity index (χ0n) is 13.5. The summed E-state index contributed by atoms with van der Waals surface area (Å²) in [6, 6.07) is 6.29. The van der Waals surface area contributed by atoms with Crippen LogP contribution >= 0.6 is 0 Å². The first kappa shape index (κ1) is 16.1. The van der Waals surface area contributed by atoms with Crippen LogP contribution in [0.15, 0.2) is 18.2 Å². The first-order valence-electron chi connectivity index (χ1n) is 7.72. The van der Waals surface area contributed by atoms with Gasteiger partial charge in [0.05, 0.1) is 13.2 Å². The van der Waals surface area contributed by atoms with Gasteiger partial charge < -0.3 is 19.5 Å². The highest BCUT2D eigenvalue weighted by Crippen LogP contribution is 2.33. The maximum absolute atomic E-state index is 6.28. The van der Waals surface area contributed by atoms with Gasteiger partial charge in [-0.25, -0.2) is 0 Å². The van der Waals surface area contributed by atoms with Gasteiger partial charge in [-0.05, 0) is 39.3 Å². The van der Waals surface area contributed by atoms with Gasteiger partial charge in [-0.15, -0.1) is 0 Å². The van der Waals surface area contributed by atoms with E-state index in [9.17, 15) is 0 Å². The van der Waals surface area contributed by atoms with Crippen molar-refractivity contribution in [2.45, 2.75) is 50.9 Å². The van der Waals surface area contributed by atoms with Gasteiger partial charge >= 0.3 is 0 Å². The molecular weight excluding hydrogens is 266 g/mol. The summed E-state index contributed by atoms with van der Waals surface area (Å²) in [6.45, 7) is 2.13. The summed E-state index contributed by atoms with van der Waals surface area (Å²) in [5.74, 6) is 1.74. The first-order valence-corrected chi connectivity index (χ1v) is 7.72. The lowest BCUT2D eigenvalue weighted by molar-refractivity contribution is 0.0205. The molecule has 4 heteroatoms. The highest BCUT2D eigenvalue weighted by molar-refractivity contribution is 5.42. The van der Waals surface area contributed by atoms with Crippen molar-refractivity contribution in [1.82, 2.24) is 5.32 Å². The molecule has 21 heavy (non-hydrogen) atoms. The maximum Gasteiger partial charge on any atom is 0.128 e. The second-order valence-electron chi connectivity index (χ2n) is 5.68. The van der Waals surface area contributed by atoms with Gasteiger partial charge in [0.2, 0.25) is 0 Å². The van der Waals surface area contributed by atoms with Crippen molar-refractivity contribution in [1.29, 1.82) is 0 Å². The van der Waals surface area contributed by atoms with Crippen molar-refractivity contribution in [2.75, 3.05) is 21.3 Å². The molecule has 118 valence electrons. The van der Waals surface area contributed by atoms with E-state index in [2.05, 4.69) is 18.3 Å². The van der Waals surface area contributed by atoms with Gasteiger partial charge in [0, 0.05) is 31.2 Å². The smallest absolute Gasteiger partial charge is 0.128 e. The van der Waals surface area contributed by atoms with E-state index in [-0.39, 0.29) is 12.1 Å². The number of nitrogens with one attached hydrogen (secondary N) is 1. The van der Waals surface area contributed by atoms with E-state index in [1.807, 2.05) is 19.2 Å². The molecule has 0 amide bonds. The van der Waals surface area contributed by atoms with Crippen LogP contribution in [-0.2, 0) is 4.74 Å². The Kier molecular flexibility index (Phi) is 5.88. The molecule has 1 aliphatic carbocycles. The van der Waals surface area contributed by atoms with Gasteiger partial charge in [0.15, 0.2) is 0 Å². The molecule has 0 aliphatic heterocycles. The maximum atomic E-state index is 6.28. The Morgan fingerprint density at radius 2 is 1.95 bits per heavy atom. The number of ether oxygens (including phenoxy) is 3. The van der Waals surface area contributed by atoms with E-state index in [0.29, 0.717) is 6.10 Å². The monoisotopic (exact) mass is 293 g/mol. The van der Waals surface area contributed by atoms with Gasteiger partial charge in [-0.2, -0.15) is 0 Å². The van der Waals surface area contributed by atoms with E-state index in [1.165, 1.54) is 0 Å². The van der Waals surface area contributed by atoms with Crippen LogP contribution in [0.25, 0.3) is 0 Å². The Morgan fingerprint density at radius 1 is 1.19 bits per heavy atom. The normalized spacial score (nSPS) is 23.6. The van der Waals surface area contributed by atoms with Crippen molar-refractivity contribution in [3.8, 4) is 11.5 Å². The Morgan fingerprint density at radius 3 is 2.62 bits per heavy atom. The van der Waals surface area contributed by atoms with E-state index < -0.39 is 0 Å². The van der Waals surface area contributed by atoms with E-state index in [4.69, 9.17) is 14.2 Å². The lowest BCUT2D eigenvalue weighted by Crippen LogP contribution is -2.30. The minimum atomic E-state index is 0.221. The molecule has 0 bridgehead atoms. The van der Waals surface area contributed by atoms with Gasteiger partial charge in [-0.1, -0.05) is 6.07 Å². The molecule has 4 nitrogen and oxygen atoms in total. The number of hydrogen-bond donors (Lipinski definition) is 1. The lowest BCUT2D eigenvalue weighted by Gasteiger charge is -2.30. The molecule has 2 rings (SSSR count). The fourth-order valence-electron chi connectivity index (χ4n) is 2.86. The molecule has 0 radical (unpaired) electrons. The van der Waals surface area contributed by atoms with Crippen molar-refractivity contribution in [2.24, 2.45) is 0 Å². The highest BCUT2D eigenvalue weighted by Gasteiger charge is 2.24. The highest BCUT2D eigenvalue weighted by atomic mass is 16.5. The minimum Gasteiger partial charge on any atom is -0.497 e. The van der Waals surface area contributed by atoms with Gasteiger partial charge in [-0.3, -0.25) is 0 Å². The average molecular weight is 293 g/mol. The molecule has 0 spiro atoms. The molecule has 0 aromatic heterocycles. The fourth-order valence-corrected chi connectivity index (χ4v) is 2.86. The van der Waals surface area contributed by atoms with Gasteiger partial charge in [0.1, 0.15) is 17.6 Å². The standard InChI is InChI=1S/C17H27NO3/c1-12(18-2)16-9-8-14(20-4)11-17(16)21-15-7-5-6-13(10-15)19-3/h8-9,11-13,15,18H,5-7,10H2,1-4H3. The molecule has 1 saturated carbocycles. The van der Waals surface area contributed by atoms with Crippen LogP contribution in [0.3, 0.4) is 0 Å². The van der Waals surface area contributed by atoms with Crippen LogP contribution in [0, 0.1) is 0 Å². The zero-order valence-corrected chi connectivity index (χ0v) is 13.5. The van der Waals surface area contributed by atoms with Crippen molar-refractivity contribution < 1.29 is 14.2 Å². The molecular formula is C17H27NO3. The second kappa shape index (κ2) is 7.66. The molecule has 0 heterocycles. The number of benzene rings is 1. The van der Waals surface area contributed by atoms with Gasteiger partial charge in [0.25, 0.3) is 0 Å².